The molecule has 0 atom stereocenters. The third-order valence-electron chi connectivity index (χ3n) is 3.75. The van der Waals surface area contributed by atoms with Gasteiger partial charge in [0.05, 0.1) is 5.56 Å². The molecule has 1 aliphatic rings. The zero-order valence-electron chi connectivity index (χ0n) is 11.9. The minimum atomic E-state index is -0.896. The number of anilines is 1. The first-order valence-corrected chi connectivity index (χ1v) is 6.83. The SMILES string of the molecule is CC(=O)N1CCCN(c2ccc(C(=O)O)c(C)c2)CC1. The molecular formula is C15H20N2O3. The summed E-state index contributed by atoms with van der Waals surface area (Å²) in [4.78, 5) is 26.5. The van der Waals surface area contributed by atoms with Gasteiger partial charge in [-0.3, -0.25) is 4.79 Å². The number of aromatic carboxylic acids is 1. The molecule has 5 heteroatoms. The summed E-state index contributed by atoms with van der Waals surface area (Å²) >= 11 is 0. The second-order valence-corrected chi connectivity index (χ2v) is 5.15. The maximum Gasteiger partial charge on any atom is 0.335 e. The summed E-state index contributed by atoms with van der Waals surface area (Å²) in [5.41, 5.74) is 2.13. The van der Waals surface area contributed by atoms with Crippen LogP contribution in [0.15, 0.2) is 18.2 Å². The van der Waals surface area contributed by atoms with Crippen LogP contribution in [0.5, 0.6) is 0 Å². The Balaban J connectivity index is 2.14. The predicted octanol–water partition coefficient (Wildman–Crippen LogP) is 1.75. The maximum atomic E-state index is 11.4. The van der Waals surface area contributed by atoms with Gasteiger partial charge in [0.15, 0.2) is 0 Å². The largest absolute Gasteiger partial charge is 0.478 e. The number of aryl methyl sites for hydroxylation is 1. The van der Waals surface area contributed by atoms with Crippen molar-refractivity contribution in [3.63, 3.8) is 0 Å². The summed E-state index contributed by atoms with van der Waals surface area (Å²) in [5.74, 6) is -0.781. The molecule has 0 spiro atoms. The van der Waals surface area contributed by atoms with Gasteiger partial charge >= 0.3 is 5.97 Å². The Labute approximate surface area is 118 Å². The van der Waals surface area contributed by atoms with E-state index in [-0.39, 0.29) is 5.91 Å². The molecule has 0 saturated carbocycles. The molecular weight excluding hydrogens is 256 g/mol. The number of hydrogen-bond acceptors (Lipinski definition) is 3. The van der Waals surface area contributed by atoms with Crippen LogP contribution >= 0.6 is 0 Å². The summed E-state index contributed by atoms with van der Waals surface area (Å²) in [6.45, 7) is 6.59. The van der Waals surface area contributed by atoms with E-state index in [1.54, 1.807) is 13.0 Å². The Morgan fingerprint density at radius 1 is 1.15 bits per heavy atom. The zero-order valence-corrected chi connectivity index (χ0v) is 11.9. The molecule has 0 radical (unpaired) electrons. The van der Waals surface area contributed by atoms with Gasteiger partial charge in [0, 0.05) is 38.8 Å². The van der Waals surface area contributed by atoms with Gasteiger partial charge in [-0.1, -0.05) is 0 Å². The minimum Gasteiger partial charge on any atom is -0.478 e. The predicted molar refractivity (Wildman–Crippen MR) is 77.2 cm³/mol. The van der Waals surface area contributed by atoms with Gasteiger partial charge in [-0.25, -0.2) is 4.79 Å². The van der Waals surface area contributed by atoms with Crippen LogP contribution in [0.2, 0.25) is 0 Å². The number of carboxylic acids is 1. The molecule has 0 bridgehead atoms. The van der Waals surface area contributed by atoms with Crippen molar-refractivity contribution in [1.29, 1.82) is 0 Å². The van der Waals surface area contributed by atoms with Crippen molar-refractivity contribution in [2.75, 3.05) is 31.1 Å². The maximum absolute atomic E-state index is 11.4. The minimum absolute atomic E-state index is 0.115. The van der Waals surface area contributed by atoms with Crippen molar-refractivity contribution >= 4 is 17.6 Å². The van der Waals surface area contributed by atoms with E-state index < -0.39 is 5.97 Å². The highest BCUT2D eigenvalue weighted by Gasteiger charge is 2.17. The summed E-state index contributed by atoms with van der Waals surface area (Å²) in [7, 11) is 0. The molecule has 1 aromatic rings. The lowest BCUT2D eigenvalue weighted by molar-refractivity contribution is -0.128. The van der Waals surface area contributed by atoms with Crippen LogP contribution in [0.25, 0.3) is 0 Å². The lowest BCUT2D eigenvalue weighted by Gasteiger charge is -2.24. The summed E-state index contributed by atoms with van der Waals surface area (Å²) < 4.78 is 0. The van der Waals surface area contributed by atoms with Gasteiger partial charge in [-0.05, 0) is 37.1 Å². The molecule has 5 nitrogen and oxygen atoms in total. The molecule has 0 aliphatic carbocycles. The van der Waals surface area contributed by atoms with Crippen LogP contribution in [-0.2, 0) is 4.79 Å². The lowest BCUT2D eigenvalue weighted by atomic mass is 10.1. The fourth-order valence-electron chi connectivity index (χ4n) is 2.58. The topological polar surface area (TPSA) is 60.9 Å². The Bertz CT molecular complexity index is 528. The molecule has 1 amide bonds. The van der Waals surface area contributed by atoms with Gasteiger partial charge in [-0.15, -0.1) is 0 Å². The van der Waals surface area contributed by atoms with E-state index in [4.69, 9.17) is 5.11 Å². The third kappa shape index (κ3) is 3.10. The Morgan fingerprint density at radius 2 is 1.90 bits per heavy atom. The van der Waals surface area contributed by atoms with Crippen molar-refractivity contribution in [2.24, 2.45) is 0 Å². The molecule has 2 rings (SSSR count). The standard InChI is InChI=1S/C15H20N2O3/c1-11-10-13(4-5-14(11)15(19)20)17-7-3-6-16(8-9-17)12(2)18/h4-5,10H,3,6-9H2,1-2H3,(H,19,20). The van der Waals surface area contributed by atoms with Gasteiger partial charge in [0.25, 0.3) is 0 Å². The Hall–Kier alpha value is -2.04. The zero-order chi connectivity index (χ0) is 14.7. The van der Waals surface area contributed by atoms with Crippen molar-refractivity contribution in [2.45, 2.75) is 20.3 Å². The third-order valence-corrected chi connectivity index (χ3v) is 3.75. The first-order valence-electron chi connectivity index (χ1n) is 6.83. The highest BCUT2D eigenvalue weighted by Crippen LogP contribution is 2.21. The Kier molecular flexibility index (Phi) is 4.27. The van der Waals surface area contributed by atoms with Crippen LogP contribution in [-0.4, -0.2) is 48.1 Å². The van der Waals surface area contributed by atoms with E-state index in [1.165, 1.54) is 0 Å². The van der Waals surface area contributed by atoms with Crippen LogP contribution in [0.1, 0.15) is 29.3 Å². The Morgan fingerprint density at radius 3 is 2.50 bits per heavy atom. The molecule has 1 N–H and O–H groups in total. The smallest absolute Gasteiger partial charge is 0.335 e. The van der Waals surface area contributed by atoms with Crippen molar-refractivity contribution < 1.29 is 14.7 Å². The molecule has 1 heterocycles. The monoisotopic (exact) mass is 276 g/mol. The molecule has 20 heavy (non-hydrogen) atoms. The van der Waals surface area contributed by atoms with Crippen LogP contribution in [0.4, 0.5) is 5.69 Å². The molecule has 1 saturated heterocycles. The normalized spacial score (nSPS) is 15.9. The van der Waals surface area contributed by atoms with E-state index in [2.05, 4.69) is 4.90 Å². The second-order valence-electron chi connectivity index (χ2n) is 5.15. The van der Waals surface area contributed by atoms with E-state index in [0.717, 1.165) is 43.9 Å². The van der Waals surface area contributed by atoms with Crippen molar-refractivity contribution in [3.8, 4) is 0 Å². The van der Waals surface area contributed by atoms with Gasteiger partial charge in [0.1, 0.15) is 0 Å². The first-order chi connectivity index (χ1) is 9.49. The average Bonchev–Trinajstić information content (AvgIpc) is 2.63. The summed E-state index contributed by atoms with van der Waals surface area (Å²) in [5, 5.41) is 9.05. The quantitative estimate of drug-likeness (QED) is 0.894. The first kappa shape index (κ1) is 14.4. The number of hydrogen-bond donors (Lipinski definition) is 1. The van der Waals surface area contributed by atoms with Crippen LogP contribution < -0.4 is 4.90 Å². The molecule has 1 fully saturated rings. The number of carbonyl (C=O) groups excluding carboxylic acids is 1. The van der Waals surface area contributed by atoms with E-state index in [1.807, 2.05) is 24.0 Å². The number of benzene rings is 1. The fraction of sp³-hybridized carbons (Fsp3) is 0.467. The second kappa shape index (κ2) is 5.94. The number of rotatable bonds is 2. The van der Waals surface area contributed by atoms with Crippen molar-refractivity contribution in [1.82, 2.24) is 4.90 Å². The van der Waals surface area contributed by atoms with Crippen LogP contribution in [0.3, 0.4) is 0 Å². The van der Waals surface area contributed by atoms with Gasteiger partial charge < -0.3 is 14.9 Å². The van der Waals surface area contributed by atoms with E-state index in [0.29, 0.717) is 5.56 Å². The number of nitrogens with zero attached hydrogens (tertiary/aromatic N) is 2. The summed E-state index contributed by atoms with van der Waals surface area (Å²) in [6, 6.07) is 5.41. The number of carbonyl (C=O) groups is 2. The summed E-state index contributed by atoms with van der Waals surface area (Å²) in [6.07, 6.45) is 0.930. The van der Waals surface area contributed by atoms with E-state index in [9.17, 15) is 9.59 Å². The lowest BCUT2D eigenvalue weighted by Crippen LogP contribution is -2.33. The average molecular weight is 276 g/mol. The van der Waals surface area contributed by atoms with Gasteiger partial charge in [0.2, 0.25) is 5.91 Å². The molecule has 1 aliphatic heterocycles. The molecule has 108 valence electrons. The van der Waals surface area contributed by atoms with E-state index >= 15 is 0 Å². The number of amides is 1. The highest BCUT2D eigenvalue weighted by atomic mass is 16.4. The highest BCUT2D eigenvalue weighted by molar-refractivity contribution is 5.89. The molecule has 0 unspecified atom stereocenters. The van der Waals surface area contributed by atoms with Crippen molar-refractivity contribution in [3.05, 3.63) is 29.3 Å². The van der Waals surface area contributed by atoms with Crippen LogP contribution in [0, 0.1) is 6.92 Å². The van der Waals surface area contributed by atoms with Gasteiger partial charge in [-0.2, -0.15) is 0 Å². The fourth-order valence-corrected chi connectivity index (χ4v) is 2.58. The number of carboxylic acid groups (broad SMARTS) is 1. The molecule has 0 aromatic heterocycles. The molecule has 1 aromatic carbocycles.